The Morgan fingerprint density at radius 3 is 2.76 bits per heavy atom. The summed E-state index contributed by atoms with van der Waals surface area (Å²) < 4.78 is 33.7. The fourth-order valence-corrected chi connectivity index (χ4v) is 4.22. The van der Waals surface area contributed by atoms with Crippen LogP contribution in [0, 0.1) is 0 Å². The summed E-state index contributed by atoms with van der Waals surface area (Å²) in [5.74, 6) is 0.512. The van der Waals surface area contributed by atoms with Gasteiger partial charge in [-0.3, -0.25) is 4.79 Å². The zero-order chi connectivity index (χ0) is 18.0. The first-order valence-electron chi connectivity index (χ1n) is 7.33. The number of hydrogen-bond donors (Lipinski definition) is 2. The highest BCUT2D eigenvalue weighted by Gasteiger charge is 2.19. The van der Waals surface area contributed by atoms with Crippen molar-refractivity contribution >= 4 is 38.9 Å². The molecule has 1 aromatic heterocycles. The Morgan fingerprint density at radius 1 is 1.28 bits per heavy atom. The number of sulfonamides is 1. The van der Waals surface area contributed by atoms with Crippen molar-refractivity contribution in [3.8, 4) is 11.5 Å². The van der Waals surface area contributed by atoms with Gasteiger partial charge < -0.3 is 14.8 Å². The summed E-state index contributed by atoms with van der Waals surface area (Å²) in [6.07, 6.45) is 0.733. The van der Waals surface area contributed by atoms with Gasteiger partial charge in [0.25, 0.3) is 5.91 Å². The summed E-state index contributed by atoms with van der Waals surface area (Å²) in [7, 11) is -3.73. The number of benzene rings is 1. The van der Waals surface area contributed by atoms with E-state index in [0.717, 1.165) is 17.8 Å². The van der Waals surface area contributed by atoms with E-state index < -0.39 is 10.0 Å². The van der Waals surface area contributed by atoms with Crippen LogP contribution in [0.2, 0.25) is 5.02 Å². The van der Waals surface area contributed by atoms with Gasteiger partial charge in [0.15, 0.2) is 11.5 Å². The fourth-order valence-electron chi connectivity index (χ4n) is 2.24. The number of carbonyl (C=O) groups excluding carboxylic acids is 1. The Labute approximate surface area is 153 Å². The average molecular weight is 403 g/mol. The van der Waals surface area contributed by atoms with Gasteiger partial charge in [-0.1, -0.05) is 11.6 Å². The SMILES string of the molecule is NS(=O)(=O)c1ccc(CNC(=O)c2cc(Cl)c3c(c2)OCCCO3)s1. The number of nitrogens with two attached hydrogens (primary N) is 1. The van der Waals surface area contributed by atoms with Crippen molar-refractivity contribution in [2.45, 2.75) is 17.2 Å². The Kier molecular flexibility index (Phi) is 5.19. The van der Waals surface area contributed by atoms with Gasteiger partial charge >= 0.3 is 0 Å². The summed E-state index contributed by atoms with van der Waals surface area (Å²) in [5.41, 5.74) is 0.331. The first-order chi connectivity index (χ1) is 11.8. The number of amides is 1. The maximum atomic E-state index is 12.3. The van der Waals surface area contributed by atoms with Crippen molar-refractivity contribution in [3.05, 3.63) is 39.7 Å². The molecule has 1 amide bonds. The van der Waals surface area contributed by atoms with Gasteiger partial charge in [0.05, 0.1) is 24.8 Å². The van der Waals surface area contributed by atoms with Gasteiger partial charge in [-0.25, -0.2) is 13.6 Å². The fraction of sp³-hybridized carbons (Fsp3) is 0.267. The second-order valence-corrected chi connectivity index (χ2v) is 8.65. The van der Waals surface area contributed by atoms with E-state index in [0.29, 0.717) is 40.2 Å². The monoisotopic (exact) mass is 402 g/mol. The summed E-state index contributed by atoms with van der Waals surface area (Å²) in [6, 6.07) is 6.10. The topological polar surface area (TPSA) is 108 Å². The molecule has 0 unspecified atom stereocenters. The van der Waals surface area contributed by atoms with Crippen LogP contribution in [0.15, 0.2) is 28.5 Å². The van der Waals surface area contributed by atoms with Crippen LogP contribution >= 0.6 is 22.9 Å². The lowest BCUT2D eigenvalue weighted by atomic mass is 10.2. The lowest BCUT2D eigenvalue weighted by Crippen LogP contribution is -2.22. The molecule has 10 heteroatoms. The van der Waals surface area contributed by atoms with Gasteiger partial charge in [-0.2, -0.15) is 0 Å². The molecular weight excluding hydrogens is 388 g/mol. The number of halogens is 1. The molecule has 134 valence electrons. The Balaban J connectivity index is 1.72. The van der Waals surface area contributed by atoms with Crippen LogP contribution in [0.4, 0.5) is 0 Å². The third-order valence-corrected chi connectivity index (χ3v) is 6.21. The summed E-state index contributed by atoms with van der Waals surface area (Å²) >= 11 is 7.18. The third kappa shape index (κ3) is 4.24. The lowest BCUT2D eigenvalue weighted by molar-refractivity contribution is 0.0951. The van der Waals surface area contributed by atoms with Crippen LogP contribution in [-0.4, -0.2) is 27.5 Å². The quantitative estimate of drug-likeness (QED) is 0.814. The van der Waals surface area contributed by atoms with Gasteiger partial charge in [0.1, 0.15) is 4.21 Å². The molecule has 7 nitrogen and oxygen atoms in total. The molecule has 1 aromatic carbocycles. The molecular formula is C15H15ClN2O5S2. The van der Waals surface area contributed by atoms with Gasteiger partial charge in [-0.05, 0) is 24.3 Å². The molecule has 0 saturated carbocycles. The molecule has 0 spiro atoms. The predicted octanol–water partition coefficient (Wildman–Crippen LogP) is 2.14. The highest BCUT2D eigenvalue weighted by Crippen LogP contribution is 2.38. The van der Waals surface area contributed by atoms with Crippen LogP contribution in [0.5, 0.6) is 11.5 Å². The lowest BCUT2D eigenvalue weighted by Gasteiger charge is -2.11. The average Bonchev–Trinajstić information content (AvgIpc) is 2.91. The summed E-state index contributed by atoms with van der Waals surface area (Å²) in [6.45, 7) is 1.16. The van der Waals surface area contributed by atoms with Crippen LogP contribution in [0.25, 0.3) is 0 Å². The molecule has 1 aliphatic heterocycles. The Hall–Kier alpha value is -1.81. The van der Waals surface area contributed by atoms with Gasteiger partial charge in [0.2, 0.25) is 10.0 Å². The maximum Gasteiger partial charge on any atom is 0.251 e. The van der Waals surface area contributed by atoms with Gasteiger partial charge in [-0.15, -0.1) is 11.3 Å². The van der Waals surface area contributed by atoms with E-state index in [9.17, 15) is 13.2 Å². The smallest absolute Gasteiger partial charge is 0.251 e. The van der Waals surface area contributed by atoms with Crippen molar-refractivity contribution in [2.24, 2.45) is 5.14 Å². The number of primary sulfonamides is 1. The highest BCUT2D eigenvalue weighted by atomic mass is 35.5. The van der Waals surface area contributed by atoms with Crippen molar-refractivity contribution in [1.82, 2.24) is 5.32 Å². The molecule has 0 atom stereocenters. The van der Waals surface area contributed by atoms with E-state index in [1.807, 2.05) is 0 Å². The van der Waals surface area contributed by atoms with E-state index in [2.05, 4.69) is 5.32 Å². The number of thiophene rings is 1. The number of ether oxygens (including phenoxy) is 2. The molecule has 0 bridgehead atoms. The molecule has 0 fully saturated rings. The molecule has 0 radical (unpaired) electrons. The van der Waals surface area contributed by atoms with Gasteiger partial charge in [0, 0.05) is 16.9 Å². The number of hydrogen-bond acceptors (Lipinski definition) is 6. The number of carbonyl (C=O) groups is 1. The van der Waals surface area contributed by atoms with Crippen LogP contribution in [0.3, 0.4) is 0 Å². The Morgan fingerprint density at radius 2 is 2.04 bits per heavy atom. The van der Waals surface area contributed by atoms with E-state index in [4.69, 9.17) is 26.2 Å². The molecule has 0 aliphatic carbocycles. The molecule has 25 heavy (non-hydrogen) atoms. The standard InChI is InChI=1S/C15H15ClN2O5S2/c16-11-6-9(7-12-14(11)23-5-1-4-22-12)15(19)18-8-10-2-3-13(24-10)25(17,20)21/h2-3,6-7H,1,4-5,8H2,(H,18,19)(H2,17,20,21). The highest BCUT2D eigenvalue weighted by molar-refractivity contribution is 7.91. The van der Waals surface area contributed by atoms with Crippen molar-refractivity contribution in [2.75, 3.05) is 13.2 Å². The van der Waals surface area contributed by atoms with Crippen LogP contribution in [-0.2, 0) is 16.6 Å². The minimum Gasteiger partial charge on any atom is -0.489 e. The first-order valence-corrected chi connectivity index (χ1v) is 10.1. The zero-order valence-corrected chi connectivity index (χ0v) is 15.3. The first kappa shape index (κ1) is 18.0. The number of rotatable bonds is 4. The van der Waals surface area contributed by atoms with Crippen molar-refractivity contribution in [3.63, 3.8) is 0 Å². The number of nitrogens with one attached hydrogen (secondary N) is 1. The van der Waals surface area contributed by atoms with Crippen molar-refractivity contribution < 1.29 is 22.7 Å². The van der Waals surface area contributed by atoms with Crippen LogP contribution < -0.4 is 19.9 Å². The second kappa shape index (κ2) is 7.20. The summed E-state index contributed by atoms with van der Waals surface area (Å²) in [5, 5.41) is 8.08. The molecule has 2 heterocycles. The molecule has 2 aromatic rings. The predicted molar refractivity (Wildman–Crippen MR) is 93.9 cm³/mol. The van der Waals surface area contributed by atoms with Crippen molar-refractivity contribution in [1.29, 1.82) is 0 Å². The normalized spacial score (nSPS) is 14.0. The molecule has 1 aliphatic rings. The third-order valence-electron chi connectivity index (χ3n) is 3.40. The minimum absolute atomic E-state index is 0.0513. The summed E-state index contributed by atoms with van der Waals surface area (Å²) in [4.78, 5) is 13.0. The van der Waals surface area contributed by atoms with E-state index in [1.165, 1.54) is 12.1 Å². The van der Waals surface area contributed by atoms with E-state index in [1.54, 1.807) is 12.1 Å². The van der Waals surface area contributed by atoms with E-state index >= 15 is 0 Å². The molecule has 3 rings (SSSR count). The second-order valence-electron chi connectivity index (χ2n) is 5.28. The molecule has 3 N–H and O–H groups in total. The largest absolute Gasteiger partial charge is 0.489 e. The maximum absolute atomic E-state index is 12.3. The molecule has 0 saturated heterocycles. The van der Waals surface area contributed by atoms with Crippen LogP contribution in [0.1, 0.15) is 21.7 Å². The van der Waals surface area contributed by atoms with E-state index in [-0.39, 0.29) is 16.7 Å². The minimum atomic E-state index is -3.73. The number of fused-ring (bicyclic) bond motifs is 1. The Bertz CT molecular complexity index is 911. The zero-order valence-electron chi connectivity index (χ0n) is 13.0.